The van der Waals surface area contributed by atoms with Gasteiger partial charge in [-0.05, 0) is 42.8 Å². The van der Waals surface area contributed by atoms with Crippen molar-refractivity contribution < 1.29 is 4.74 Å². The molecule has 18 heavy (non-hydrogen) atoms. The van der Waals surface area contributed by atoms with Crippen LogP contribution < -0.4 is 10.5 Å². The van der Waals surface area contributed by atoms with E-state index in [2.05, 4.69) is 15.9 Å². The third-order valence-electron chi connectivity index (χ3n) is 2.65. The zero-order valence-electron chi connectivity index (χ0n) is 9.91. The highest BCUT2D eigenvalue weighted by atomic mass is 79.9. The molecule has 0 atom stereocenters. The number of hydrogen-bond donors (Lipinski definition) is 1. The van der Waals surface area contributed by atoms with Crippen LogP contribution in [0.1, 0.15) is 11.1 Å². The fraction of sp³-hybridized carbons (Fsp3) is 0.143. The van der Waals surface area contributed by atoms with Gasteiger partial charge in [0.1, 0.15) is 12.4 Å². The van der Waals surface area contributed by atoms with E-state index in [0.29, 0.717) is 11.6 Å². The average molecular weight is 327 g/mol. The second kappa shape index (κ2) is 5.63. The quantitative estimate of drug-likeness (QED) is 0.838. The van der Waals surface area contributed by atoms with Gasteiger partial charge in [-0.1, -0.05) is 33.6 Å². The summed E-state index contributed by atoms with van der Waals surface area (Å²) in [6.45, 7) is 2.39. The Morgan fingerprint density at radius 1 is 1.22 bits per heavy atom. The number of anilines is 1. The number of nitrogens with two attached hydrogens (primary N) is 1. The first-order valence-corrected chi connectivity index (χ1v) is 6.66. The Kier molecular flexibility index (Phi) is 4.15. The molecule has 0 aliphatic carbocycles. The Bertz CT molecular complexity index is 572. The van der Waals surface area contributed by atoms with Crippen LogP contribution in [-0.4, -0.2) is 0 Å². The molecule has 4 heteroatoms. The lowest BCUT2D eigenvalue weighted by atomic mass is 10.2. The van der Waals surface area contributed by atoms with E-state index >= 15 is 0 Å². The van der Waals surface area contributed by atoms with Gasteiger partial charge in [0.2, 0.25) is 0 Å². The number of aryl methyl sites for hydroxylation is 1. The molecule has 0 aliphatic heterocycles. The van der Waals surface area contributed by atoms with Crippen molar-refractivity contribution in [1.82, 2.24) is 0 Å². The molecule has 2 rings (SSSR count). The number of nitrogen functional groups attached to an aromatic ring is 1. The molecule has 2 aromatic carbocycles. The molecule has 0 aromatic heterocycles. The Labute approximate surface area is 120 Å². The Balaban J connectivity index is 2.09. The highest BCUT2D eigenvalue weighted by Crippen LogP contribution is 2.24. The van der Waals surface area contributed by atoms with Gasteiger partial charge in [0.15, 0.2) is 0 Å². The van der Waals surface area contributed by atoms with Crippen LogP contribution in [-0.2, 0) is 6.61 Å². The van der Waals surface area contributed by atoms with Crippen molar-refractivity contribution in [3.63, 3.8) is 0 Å². The molecule has 2 N–H and O–H groups in total. The fourth-order valence-corrected chi connectivity index (χ4v) is 2.27. The first kappa shape index (κ1) is 13.2. The summed E-state index contributed by atoms with van der Waals surface area (Å²) in [4.78, 5) is 0. The third kappa shape index (κ3) is 3.18. The number of halogens is 2. The molecule has 0 bridgehead atoms. The molecule has 0 aliphatic rings. The van der Waals surface area contributed by atoms with E-state index in [9.17, 15) is 0 Å². The lowest BCUT2D eigenvalue weighted by Gasteiger charge is -2.09. The summed E-state index contributed by atoms with van der Waals surface area (Å²) in [5.41, 5.74) is 8.48. The highest BCUT2D eigenvalue weighted by molar-refractivity contribution is 9.10. The van der Waals surface area contributed by atoms with Crippen LogP contribution in [0.3, 0.4) is 0 Å². The maximum absolute atomic E-state index is 6.12. The average Bonchev–Trinajstić information content (AvgIpc) is 2.32. The summed E-state index contributed by atoms with van der Waals surface area (Å²) < 4.78 is 6.65. The summed E-state index contributed by atoms with van der Waals surface area (Å²) >= 11 is 9.49. The Hall–Kier alpha value is -1.19. The Morgan fingerprint density at radius 2 is 2.00 bits per heavy atom. The van der Waals surface area contributed by atoms with Crippen molar-refractivity contribution in [1.29, 1.82) is 0 Å². The third-order valence-corrected chi connectivity index (χ3v) is 3.50. The Morgan fingerprint density at radius 3 is 2.67 bits per heavy atom. The number of ether oxygens (including phenoxy) is 1. The minimum absolute atomic E-state index is 0.440. The molecule has 0 amide bonds. The van der Waals surface area contributed by atoms with Crippen molar-refractivity contribution in [3.8, 4) is 5.75 Å². The molecule has 2 aromatic rings. The number of hydrogen-bond acceptors (Lipinski definition) is 2. The van der Waals surface area contributed by atoms with E-state index in [1.807, 2.05) is 43.3 Å². The largest absolute Gasteiger partial charge is 0.489 e. The maximum atomic E-state index is 6.12. The van der Waals surface area contributed by atoms with Crippen molar-refractivity contribution in [3.05, 3.63) is 57.0 Å². The van der Waals surface area contributed by atoms with Crippen LogP contribution in [0.4, 0.5) is 5.69 Å². The van der Waals surface area contributed by atoms with Crippen LogP contribution in [0.5, 0.6) is 5.75 Å². The molecule has 0 fully saturated rings. The van der Waals surface area contributed by atoms with Crippen molar-refractivity contribution >= 4 is 33.2 Å². The van der Waals surface area contributed by atoms with Crippen LogP contribution >= 0.6 is 27.5 Å². The summed E-state index contributed by atoms with van der Waals surface area (Å²) in [7, 11) is 0. The topological polar surface area (TPSA) is 35.2 Å². The van der Waals surface area contributed by atoms with Crippen molar-refractivity contribution in [2.75, 3.05) is 5.73 Å². The minimum Gasteiger partial charge on any atom is -0.489 e. The van der Waals surface area contributed by atoms with Gasteiger partial charge in [0.25, 0.3) is 0 Å². The standard InChI is InChI=1S/C14H13BrClNO/c1-9-6-12(4-5-14(9)17)18-8-10-2-3-11(15)7-13(10)16/h2-7H,8,17H2,1H3. The predicted molar refractivity (Wildman–Crippen MR) is 79.1 cm³/mol. The van der Waals surface area contributed by atoms with Crippen molar-refractivity contribution in [2.24, 2.45) is 0 Å². The van der Waals surface area contributed by atoms with E-state index in [0.717, 1.165) is 27.0 Å². The van der Waals surface area contributed by atoms with Gasteiger partial charge in [-0.2, -0.15) is 0 Å². The van der Waals surface area contributed by atoms with Gasteiger partial charge in [0, 0.05) is 20.7 Å². The normalized spacial score (nSPS) is 10.4. The van der Waals surface area contributed by atoms with Gasteiger partial charge >= 0.3 is 0 Å². The SMILES string of the molecule is Cc1cc(OCc2ccc(Br)cc2Cl)ccc1N. The molecular weight excluding hydrogens is 314 g/mol. The first-order valence-electron chi connectivity index (χ1n) is 5.49. The summed E-state index contributed by atoms with van der Waals surface area (Å²) in [5.74, 6) is 0.792. The second-order valence-corrected chi connectivity index (χ2v) is 5.37. The predicted octanol–water partition coefficient (Wildman–Crippen LogP) is 4.57. The maximum Gasteiger partial charge on any atom is 0.120 e. The molecule has 0 radical (unpaired) electrons. The molecule has 0 unspecified atom stereocenters. The zero-order valence-corrected chi connectivity index (χ0v) is 12.3. The lowest BCUT2D eigenvalue weighted by Crippen LogP contribution is -1.97. The van der Waals surface area contributed by atoms with Gasteiger partial charge in [-0.25, -0.2) is 0 Å². The molecule has 94 valence electrons. The molecule has 0 saturated carbocycles. The summed E-state index contributed by atoms with van der Waals surface area (Å²) in [5, 5.41) is 0.691. The fourth-order valence-electron chi connectivity index (χ4n) is 1.54. The zero-order chi connectivity index (χ0) is 13.1. The first-order chi connectivity index (χ1) is 8.56. The van der Waals surface area contributed by atoms with E-state index in [1.165, 1.54) is 0 Å². The van der Waals surface area contributed by atoms with Crippen LogP contribution in [0.15, 0.2) is 40.9 Å². The summed E-state index contributed by atoms with van der Waals surface area (Å²) in [6.07, 6.45) is 0. The van der Waals surface area contributed by atoms with Crippen LogP contribution in [0, 0.1) is 6.92 Å². The van der Waals surface area contributed by atoms with Gasteiger partial charge < -0.3 is 10.5 Å². The number of benzene rings is 2. The molecular formula is C14H13BrClNO. The minimum atomic E-state index is 0.440. The lowest BCUT2D eigenvalue weighted by molar-refractivity contribution is 0.306. The summed E-state index contributed by atoms with van der Waals surface area (Å²) in [6, 6.07) is 11.4. The molecule has 0 saturated heterocycles. The van der Waals surface area contributed by atoms with E-state index < -0.39 is 0 Å². The van der Waals surface area contributed by atoms with Gasteiger partial charge in [-0.3, -0.25) is 0 Å². The molecule has 2 nitrogen and oxygen atoms in total. The molecule has 0 spiro atoms. The number of rotatable bonds is 3. The molecule has 0 heterocycles. The van der Waals surface area contributed by atoms with E-state index in [1.54, 1.807) is 0 Å². The van der Waals surface area contributed by atoms with E-state index in [4.69, 9.17) is 22.1 Å². The van der Waals surface area contributed by atoms with Crippen LogP contribution in [0.25, 0.3) is 0 Å². The monoisotopic (exact) mass is 325 g/mol. The van der Waals surface area contributed by atoms with Crippen LogP contribution in [0.2, 0.25) is 5.02 Å². The van der Waals surface area contributed by atoms with Crippen molar-refractivity contribution in [2.45, 2.75) is 13.5 Å². The van der Waals surface area contributed by atoms with E-state index in [-0.39, 0.29) is 0 Å². The highest BCUT2D eigenvalue weighted by Gasteiger charge is 2.03. The van der Waals surface area contributed by atoms with Gasteiger partial charge in [-0.15, -0.1) is 0 Å². The second-order valence-electron chi connectivity index (χ2n) is 4.04. The smallest absolute Gasteiger partial charge is 0.120 e. The van der Waals surface area contributed by atoms with Gasteiger partial charge in [0.05, 0.1) is 0 Å².